The highest BCUT2D eigenvalue weighted by Gasteiger charge is 2.10. The lowest BCUT2D eigenvalue weighted by Gasteiger charge is -1.93. The molecule has 0 atom stereocenters. The van der Waals surface area contributed by atoms with Crippen molar-refractivity contribution in [1.82, 2.24) is 9.78 Å². The van der Waals surface area contributed by atoms with Gasteiger partial charge in [0.05, 0.1) is 18.0 Å². The molecule has 0 aliphatic heterocycles. The Kier molecular flexibility index (Phi) is 1.72. The number of aliphatic hydroxyl groups is 1. The Morgan fingerprint density at radius 2 is 2.30 bits per heavy atom. The molecule has 0 saturated carbocycles. The highest BCUT2D eigenvalue weighted by atomic mass is 19.1. The van der Waals surface area contributed by atoms with Gasteiger partial charge in [0.15, 0.2) is 5.82 Å². The number of aromatic nitrogens is 2. The number of hydrogen-bond donors (Lipinski definition) is 1. The molecule has 0 amide bonds. The molecule has 0 aliphatic carbocycles. The van der Waals surface area contributed by atoms with Crippen molar-refractivity contribution in [2.75, 3.05) is 0 Å². The second kappa shape index (κ2) is 2.38. The molecule has 0 spiro atoms. The van der Waals surface area contributed by atoms with Gasteiger partial charge in [-0.05, 0) is 6.92 Å². The monoisotopic (exact) mass is 144 g/mol. The van der Waals surface area contributed by atoms with E-state index in [1.807, 2.05) is 0 Å². The third-order valence-corrected chi connectivity index (χ3v) is 1.41. The van der Waals surface area contributed by atoms with Crippen LogP contribution in [0.5, 0.6) is 0 Å². The molecule has 0 aromatic carbocycles. The fourth-order valence-electron chi connectivity index (χ4n) is 0.852. The SMILES string of the molecule is Cc1nn(C)c(CO)c1F. The fourth-order valence-corrected chi connectivity index (χ4v) is 0.852. The van der Waals surface area contributed by atoms with E-state index < -0.39 is 5.82 Å². The van der Waals surface area contributed by atoms with E-state index in [0.717, 1.165) is 0 Å². The van der Waals surface area contributed by atoms with Gasteiger partial charge in [0, 0.05) is 7.05 Å². The molecule has 56 valence electrons. The first-order chi connectivity index (χ1) is 4.66. The zero-order valence-electron chi connectivity index (χ0n) is 5.93. The maximum absolute atomic E-state index is 12.8. The highest BCUT2D eigenvalue weighted by molar-refractivity contribution is 5.10. The Balaban J connectivity index is 3.20. The van der Waals surface area contributed by atoms with Gasteiger partial charge in [0.1, 0.15) is 0 Å². The van der Waals surface area contributed by atoms with Gasteiger partial charge in [-0.3, -0.25) is 4.68 Å². The van der Waals surface area contributed by atoms with E-state index in [9.17, 15) is 4.39 Å². The minimum atomic E-state index is -0.412. The summed E-state index contributed by atoms with van der Waals surface area (Å²) in [5.41, 5.74) is 0.559. The van der Waals surface area contributed by atoms with Gasteiger partial charge in [-0.25, -0.2) is 4.39 Å². The number of nitrogens with zero attached hydrogens (tertiary/aromatic N) is 2. The van der Waals surface area contributed by atoms with E-state index >= 15 is 0 Å². The minimum absolute atomic E-state index is 0.234. The van der Waals surface area contributed by atoms with Crippen molar-refractivity contribution in [3.63, 3.8) is 0 Å². The van der Waals surface area contributed by atoms with Gasteiger partial charge in [0.25, 0.3) is 0 Å². The molecular weight excluding hydrogens is 135 g/mol. The zero-order valence-corrected chi connectivity index (χ0v) is 5.93. The van der Waals surface area contributed by atoms with E-state index in [4.69, 9.17) is 5.11 Å². The van der Waals surface area contributed by atoms with Crippen LogP contribution in [0.15, 0.2) is 0 Å². The lowest BCUT2D eigenvalue weighted by molar-refractivity contribution is 0.264. The van der Waals surface area contributed by atoms with Crippen LogP contribution in [0.25, 0.3) is 0 Å². The summed E-state index contributed by atoms with van der Waals surface area (Å²) < 4.78 is 14.1. The molecule has 4 heteroatoms. The largest absolute Gasteiger partial charge is 0.390 e. The number of aliphatic hydroxyl groups excluding tert-OH is 1. The zero-order chi connectivity index (χ0) is 7.72. The molecule has 10 heavy (non-hydrogen) atoms. The van der Waals surface area contributed by atoms with E-state index in [1.54, 1.807) is 14.0 Å². The topological polar surface area (TPSA) is 38.0 Å². The second-order valence-corrected chi connectivity index (χ2v) is 2.13. The van der Waals surface area contributed by atoms with E-state index in [2.05, 4.69) is 5.10 Å². The summed E-state index contributed by atoms with van der Waals surface area (Å²) in [6.45, 7) is 1.26. The van der Waals surface area contributed by atoms with Crippen LogP contribution in [-0.4, -0.2) is 14.9 Å². The summed E-state index contributed by atoms with van der Waals surface area (Å²) in [5.74, 6) is -0.412. The van der Waals surface area contributed by atoms with Crippen LogP contribution in [0.2, 0.25) is 0 Å². The molecule has 0 radical (unpaired) electrons. The summed E-state index contributed by atoms with van der Waals surface area (Å²) in [6, 6.07) is 0. The molecule has 0 aliphatic rings. The van der Waals surface area contributed by atoms with E-state index in [1.165, 1.54) is 4.68 Å². The van der Waals surface area contributed by atoms with Gasteiger partial charge in [-0.2, -0.15) is 5.10 Å². The van der Waals surface area contributed by atoms with Gasteiger partial charge in [-0.15, -0.1) is 0 Å². The summed E-state index contributed by atoms with van der Waals surface area (Å²) in [7, 11) is 1.60. The average molecular weight is 144 g/mol. The van der Waals surface area contributed by atoms with Crippen molar-refractivity contribution in [3.8, 4) is 0 Å². The predicted octanol–water partition coefficient (Wildman–Crippen LogP) is 0.360. The van der Waals surface area contributed by atoms with Crippen LogP contribution in [0.3, 0.4) is 0 Å². The van der Waals surface area contributed by atoms with Crippen molar-refractivity contribution < 1.29 is 9.50 Å². The quantitative estimate of drug-likeness (QED) is 0.618. The van der Waals surface area contributed by atoms with Gasteiger partial charge in [-0.1, -0.05) is 0 Å². The third-order valence-electron chi connectivity index (χ3n) is 1.41. The van der Waals surface area contributed by atoms with Crippen LogP contribution in [0.1, 0.15) is 11.4 Å². The molecule has 0 saturated heterocycles. The molecule has 3 nitrogen and oxygen atoms in total. The molecule has 1 aromatic rings. The Labute approximate surface area is 58.1 Å². The fraction of sp³-hybridized carbons (Fsp3) is 0.500. The van der Waals surface area contributed by atoms with Gasteiger partial charge in [0.2, 0.25) is 0 Å². The number of halogens is 1. The smallest absolute Gasteiger partial charge is 0.169 e. The maximum Gasteiger partial charge on any atom is 0.169 e. The first-order valence-electron chi connectivity index (χ1n) is 2.95. The normalized spacial score (nSPS) is 10.4. The van der Waals surface area contributed by atoms with Crippen molar-refractivity contribution in [1.29, 1.82) is 0 Å². The van der Waals surface area contributed by atoms with Gasteiger partial charge < -0.3 is 5.11 Å². The summed E-state index contributed by atoms with van der Waals surface area (Å²) in [5, 5.41) is 12.4. The molecule has 1 aromatic heterocycles. The highest BCUT2D eigenvalue weighted by Crippen LogP contribution is 2.09. The Morgan fingerprint density at radius 3 is 2.50 bits per heavy atom. The molecule has 1 heterocycles. The third kappa shape index (κ3) is 0.903. The lowest BCUT2D eigenvalue weighted by Crippen LogP contribution is -1.98. The first-order valence-corrected chi connectivity index (χ1v) is 2.95. The van der Waals surface area contributed by atoms with E-state index in [0.29, 0.717) is 5.69 Å². The van der Waals surface area contributed by atoms with Crippen LogP contribution >= 0.6 is 0 Å². The molecule has 0 bridgehead atoms. The van der Waals surface area contributed by atoms with Crippen molar-refractivity contribution >= 4 is 0 Å². The Hall–Kier alpha value is -0.900. The summed E-state index contributed by atoms with van der Waals surface area (Å²) in [6.07, 6.45) is 0. The average Bonchev–Trinajstić information content (AvgIpc) is 2.09. The van der Waals surface area contributed by atoms with Crippen LogP contribution in [0, 0.1) is 12.7 Å². The van der Waals surface area contributed by atoms with Crippen LogP contribution < -0.4 is 0 Å². The second-order valence-electron chi connectivity index (χ2n) is 2.13. The van der Waals surface area contributed by atoms with Crippen LogP contribution in [-0.2, 0) is 13.7 Å². The van der Waals surface area contributed by atoms with E-state index in [-0.39, 0.29) is 12.3 Å². The summed E-state index contributed by atoms with van der Waals surface area (Å²) in [4.78, 5) is 0. The van der Waals surface area contributed by atoms with Crippen molar-refractivity contribution in [2.24, 2.45) is 7.05 Å². The molecular formula is C6H9FN2O. The first kappa shape index (κ1) is 7.21. The lowest BCUT2D eigenvalue weighted by atomic mass is 10.3. The Morgan fingerprint density at radius 1 is 1.70 bits per heavy atom. The van der Waals surface area contributed by atoms with Gasteiger partial charge >= 0.3 is 0 Å². The standard InChI is InChI=1S/C6H9FN2O/c1-4-6(7)5(3-10)9(2)8-4/h10H,3H2,1-2H3. The summed E-state index contributed by atoms with van der Waals surface area (Å²) >= 11 is 0. The number of hydrogen-bond acceptors (Lipinski definition) is 2. The Bertz CT molecular complexity index is 244. The molecule has 1 rings (SSSR count). The van der Waals surface area contributed by atoms with Crippen LogP contribution in [0.4, 0.5) is 4.39 Å². The minimum Gasteiger partial charge on any atom is -0.390 e. The van der Waals surface area contributed by atoms with Crippen molar-refractivity contribution in [3.05, 3.63) is 17.2 Å². The molecule has 1 N–H and O–H groups in total. The molecule has 0 unspecified atom stereocenters. The number of aryl methyl sites for hydroxylation is 2. The van der Waals surface area contributed by atoms with Crippen molar-refractivity contribution in [2.45, 2.75) is 13.5 Å². The predicted molar refractivity (Wildman–Crippen MR) is 33.8 cm³/mol. The molecule has 0 fully saturated rings. The maximum atomic E-state index is 12.8. The number of rotatable bonds is 1.